The molecule has 2 rings (SSSR count). The quantitative estimate of drug-likeness (QED) is 0.691. The summed E-state index contributed by atoms with van der Waals surface area (Å²) < 4.78 is 53.6. The summed E-state index contributed by atoms with van der Waals surface area (Å²) in [6.45, 7) is 0. The van der Waals surface area contributed by atoms with E-state index in [9.17, 15) is 22.2 Å². The summed E-state index contributed by atoms with van der Waals surface area (Å²) in [4.78, 5) is 11.1. The number of amides is 1. The molecule has 142 valence electrons. The maximum atomic E-state index is 12.3. The number of benzene rings is 1. The summed E-state index contributed by atoms with van der Waals surface area (Å²) >= 11 is 12.5. The van der Waals surface area contributed by atoms with Crippen molar-refractivity contribution in [2.75, 3.05) is 12.0 Å². The van der Waals surface area contributed by atoms with E-state index in [1.54, 1.807) is 0 Å². The lowest BCUT2D eigenvalue weighted by atomic mass is 10.3. The van der Waals surface area contributed by atoms with E-state index in [-0.39, 0.29) is 31.5 Å². The van der Waals surface area contributed by atoms with Crippen molar-refractivity contribution in [2.45, 2.75) is 16.3 Å². The number of anilines is 1. The molecule has 1 aromatic heterocycles. The number of thioether (sulfide) groups is 1. The minimum Gasteiger partial charge on any atom is -0.406 e. The van der Waals surface area contributed by atoms with Gasteiger partial charge in [-0.1, -0.05) is 23.2 Å². The molecule has 0 saturated heterocycles. The molecule has 7 nitrogen and oxygen atoms in total. The monoisotopic (exact) mass is 448 g/mol. The van der Waals surface area contributed by atoms with Gasteiger partial charge in [-0.15, -0.1) is 13.2 Å². The van der Waals surface area contributed by atoms with Crippen molar-refractivity contribution in [3.8, 4) is 11.4 Å². The maximum absolute atomic E-state index is 12.3. The summed E-state index contributed by atoms with van der Waals surface area (Å²) in [5, 5.41) is 2.59. The van der Waals surface area contributed by atoms with E-state index in [2.05, 4.69) is 9.84 Å². The number of primary amides is 1. The van der Waals surface area contributed by atoms with Crippen molar-refractivity contribution < 1.29 is 26.9 Å². The fourth-order valence-corrected chi connectivity index (χ4v) is 4.22. The standard InChI is InChI=1S/C12H9Cl2F3N4O3S2/c1-26(23)8-9(18)21(20-10(8)25-11(19)22)7-5(13)2-4(3-6(7)14)24-12(15,16)17/h2-3H,18H2,1H3,(H2,19,22). The highest BCUT2D eigenvalue weighted by Crippen LogP contribution is 2.39. The van der Waals surface area contributed by atoms with Crippen LogP contribution >= 0.6 is 35.0 Å². The number of nitrogen functional groups attached to an aromatic ring is 1. The van der Waals surface area contributed by atoms with E-state index >= 15 is 0 Å². The molecule has 0 spiro atoms. The molecule has 1 unspecified atom stereocenters. The molecule has 2 aromatic rings. The summed E-state index contributed by atoms with van der Waals surface area (Å²) in [6.07, 6.45) is -3.64. The topological polar surface area (TPSA) is 113 Å². The molecule has 4 N–H and O–H groups in total. The average molecular weight is 449 g/mol. The number of carbonyl (C=O) groups excluding carboxylic acids is 1. The predicted molar refractivity (Wildman–Crippen MR) is 92.5 cm³/mol. The third kappa shape index (κ3) is 4.55. The van der Waals surface area contributed by atoms with Crippen LogP contribution in [0.15, 0.2) is 22.1 Å². The number of alkyl halides is 3. The Kier molecular flexibility index (Phi) is 6.00. The van der Waals surface area contributed by atoms with Crippen LogP contribution in [-0.2, 0) is 10.8 Å². The van der Waals surface area contributed by atoms with Crippen LogP contribution in [0.2, 0.25) is 10.0 Å². The Morgan fingerprint density at radius 3 is 2.31 bits per heavy atom. The molecule has 0 bridgehead atoms. The molecule has 1 atom stereocenters. The van der Waals surface area contributed by atoms with E-state index < -0.39 is 28.2 Å². The van der Waals surface area contributed by atoms with Crippen LogP contribution in [0.25, 0.3) is 5.69 Å². The lowest BCUT2D eigenvalue weighted by molar-refractivity contribution is -0.274. The Balaban J connectivity index is 2.62. The van der Waals surface area contributed by atoms with Gasteiger partial charge in [-0.05, 0) is 11.8 Å². The highest BCUT2D eigenvalue weighted by atomic mass is 35.5. The first kappa shape index (κ1) is 20.7. The van der Waals surface area contributed by atoms with Crippen molar-refractivity contribution in [3.63, 3.8) is 0 Å². The van der Waals surface area contributed by atoms with Crippen molar-refractivity contribution in [3.05, 3.63) is 22.2 Å². The molecule has 0 aliphatic heterocycles. The van der Waals surface area contributed by atoms with Crippen LogP contribution in [0.3, 0.4) is 0 Å². The second-order valence-electron chi connectivity index (χ2n) is 4.59. The number of aromatic nitrogens is 2. The van der Waals surface area contributed by atoms with E-state index in [0.717, 1.165) is 16.8 Å². The molecular weight excluding hydrogens is 440 g/mol. The van der Waals surface area contributed by atoms with E-state index in [4.69, 9.17) is 34.7 Å². The Morgan fingerprint density at radius 2 is 1.88 bits per heavy atom. The highest BCUT2D eigenvalue weighted by molar-refractivity contribution is 8.13. The predicted octanol–water partition coefficient (Wildman–Crippen LogP) is 3.57. The molecule has 26 heavy (non-hydrogen) atoms. The summed E-state index contributed by atoms with van der Waals surface area (Å²) in [6, 6.07) is 1.72. The van der Waals surface area contributed by atoms with Gasteiger partial charge in [-0.25, -0.2) is 4.68 Å². The summed E-state index contributed by atoms with van der Waals surface area (Å²) in [5.74, 6) is -0.809. The first-order valence-corrected chi connectivity index (χ1v) is 9.48. The summed E-state index contributed by atoms with van der Waals surface area (Å²) in [5.41, 5.74) is 10.9. The van der Waals surface area contributed by atoms with E-state index in [1.165, 1.54) is 6.26 Å². The average Bonchev–Trinajstić information content (AvgIpc) is 2.71. The Labute approximate surface area is 161 Å². The number of rotatable bonds is 4. The smallest absolute Gasteiger partial charge is 0.406 e. The number of halogens is 5. The van der Waals surface area contributed by atoms with Gasteiger partial charge in [0.1, 0.15) is 27.2 Å². The van der Waals surface area contributed by atoms with Crippen LogP contribution < -0.4 is 16.2 Å². The number of nitrogens with two attached hydrogens (primary N) is 2. The zero-order valence-corrected chi connectivity index (χ0v) is 15.8. The SMILES string of the molecule is CS(=O)c1c(SC(N)=O)nn(-c2c(Cl)cc(OC(F)(F)F)cc2Cl)c1N. The molecule has 0 saturated carbocycles. The Morgan fingerprint density at radius 1 is 1.35 bits per heavy atom. The van der Waals surface area contributed by atoms with Gasteiger partial charge in [0, 0.05) is 18.4 Å². The first-order chi connectivity index (χ1) is 11.9. The minimum atomic E-state index is -4.93. The number of hydrogen-bond donors (Lipinski definition) is 2. The molecule has 1 aromatic carbocycles. The van der Waals surface area contributed by atoms with Crippen molar-refractivity contribution in [2.24, 2.45) is 5.73 Å². The molecule has 0 fully saturated rings. The van der Waals surface area contributed by atoms with Gasteiger partial charge in [0.15, 0.2) is 0 Å². The van der Waals surface area contributed by atoms with Gasteiger partial charge in [0.2, 0.25) is 0 Å². The van der Waals surface area contributed by atoms with Crippen LogP contribution in [0, 0.1) is 0 Å². The Bertz CT molecular complexity index is 882. The van der Waals surface area contributed by atoms with Crippen LogP contribution in [0.5, 0.6) is 5.75 Å². The van der Waals surface area contributed by atoms with Gasteiger partial charge >= 0.3 is 6.36 Å². The van der Waals surface area contributed by atoms with Crippen molar-refractivity contribution in [1.82, 2.24) is 9.78 Å². The third-order valence-corrected chi connectivity index (χ3v) is 5.13. The van der Waals surface area contributed by atoms with Gasteiger partial charge in [-0.3, -0.25) is 9.00 Å². The van der Waals surface area contributed by atoms with Gasteiger partial charge in [0.25, 0.3) is 5.24 Å². The Hall–Kier alpha value is -1.63. The fraction of sp³-hybridized carbons (Fsp3) is 0.167. The molecule has 1 amide bonds. The van der Waals surface area contributed by atoms with E-state index in [1.807, 2.05) is 0 Å². The molecule has 0 aliphatic rings. The van der Waals surface area contributed by atoms with Gasteiger partial charge in [-0.2, -0.15) is 5.10 Å². The zero-order valence-electron chi connectivity index (χ0n) is 12.6. The zero-order chi connectivity index (χ0) is 19.8. The van der Waals surface area contributed by atoms with Crippen molar-refractivity contribution in [1.29, 1.82) is 0 Å². The molecular formula is C12H9Cl2F3N4O3S2. The van der Waals surface area contributed by atoms with Crippen LogP contribution in [0.1, 0.15) is 0 Å². The molecule has 14 heteroatoms. The second kappa shape index (κ2) is 7.55. The second-order valence-corrected chi connectivity index (χ2v) is 7.71. The van der Waals surface area contributed by atoms with Gasteiger partial charge < -0.3 is 16.2 Å². The van der Waals surface area contributed by atoms with Crippen LogP contribution in [0.4, 0.5) is 23.8 Å². The van der Waals surface area contributed by atoms with E-state index in [0.29, 0.717) is 11.8 Å². The third-order valence-electron chi connectivity index (χ3n) is 2.77. The largest absolute Gasteiger partial charge is 0.573 e. The first-order valence-electron chi connectivity index (χ1n) is 6.35. The molecule has 1 heterocycles. The summed E-state index contributed by atoms with van der Waals surface area (Å²) in [7, 11) is -1.65. The van der Waals surface area contributed by atoms with Crippen molar-refractivity contribution >= 4 is 56.8 Å². The maximum Gasteiger partial charge on any atom is 0.573 e. The highest BCUT2D eigenvalue weighted by Gasteiger charge is 2.32. The lowest BCUT2D eigenvalue weighted by Gasteiger charge is -2.13. The number of ether oxygens (including phenoxy) is 1. The normalized spacial score (nSPS) is 12.8. The number of hydrogen-bond acceptors (Lipinski definition) is 6. The minimum absolute atomic E-state index is 0.0107. The van der Waals surface area contributed by atoms with Crippen LogP contribution in [-0.4, -0.2) is 31.8 Å². The molecule has 0 radical (unpaired) electrons. The number of nitrogens with zero attached hydrogens (tertiary/aromatic N) is 2. The number of carbonyl (C=O) groups is 1. The van der Waals surface area contributed by atoms with Gasteiger partial charge in [0.05, 0.1) is 20.8 Å². The lowest BCUT2D eigenvalue weighted by Crippen LogP contribution is -2.17. The fourth-order valence-electron chi connectivity index (χ4n) is 1.94. The molecule has 0 aliphatic carbocycles.